The number of hydrogen-bond acceptors (Lipinski definition) is 6. The molecule has 2 heterocycles. The van der Waals surface area contributed by atoms with Crippen molar-refractivity contribution < 1.29 is 33.6 Å². The number of carboxylic acid groups (broad SMARTS) is 1. The number of ketones is 1. The van der Waals surface area contributed by atoms with E-state index in [1.54, 1.807) is 0 Å². The highest BCUT2D eigenvalue weighted by atomic mass is 16.7. The molecule has 222 valence electrons. The van der Waals surface area contributed by atoms with Crippen LogP contribution in [0.5, 0.6) is 0 Å². The van der Waals surface area contributed by atoms with Crippen molar-refractivity contribution in [1.29, 1.82) is 0 Å². The van der Waals surface area contributed by atoms with E-state index >= 15 is 0 Å². The molecule has 7 nitrogen and oxygen atoms in total. The lowest BCUT2D eigenvalue weighted by Gasteiger charge is -2.29. The number of ether oxygens (including phenoxy) is 4. The maximum Gasteiger partial charge on any atom is 0.303 e. The third-order valence-electron chi connectivity index (χ3n) is 8.20. The molecule has 0 radical (unpaired) electrons. The Bertz CT molecular complexity index is 766. The first-order valence-electron chi connectivity index (χ1n) is 15.6. The van der Waals surface area contributed by atoms with E-state index in [9.17, 15) is 9.59 Å². The number of unbranched alkanes of at least 4 members (excludes halogenated alkanes) is 2. The topological polar surface area (TPSA) is 91.3 Å². The van der Waals surface area contributed by atoms with Crippen LogP contribution in [0.25, 0.3) is 0 Å². The van der Waals surface area contributed by atoms with Crippen molar-refractivity contribution in [3.8, 4) is 0 Å². The molecular formula is C32H52O7. The number of carbonyl (C=O) groups excluding carboxylic acids is 1. The van der Waals surface area contributed by atoms with E-state index in [2.05, 4.69) is 32.1 Å². The zero-order chi connectivity index (χ0) is 27.9. The summed E-state index contributed by atoms with van der Waals surface area (Å²) in [5.74, 6) is -0.226. The van der Waals surface area contributed by atoms with Gasteiger partial charge in [-0.2, -0.15) is 0 Å². The van der Waals surface area contributed by atoms with Gasteiger partial charge in [0.25, 0.3) is 0 Å². The normalized spacial score (nSPS) is 29.8. The molecule has 2 unspecified atom stereocenters. The van der Waals surface area contributed by atoms with Gasteiger partial charge >= 0.3 is 5.97 Å². The van der Waals surface area contributed by atoms with E-state index in [-0.39, 0.29) is 48.8 Å². The fourth-order valence-electron chi connectivity index (χ4n) is 5.91. The third-order valence-corrected chi connectivity index (χ3v) is 8.20. The molecule has 3 rings (SSSR count). The number of allylic oxidation sites excluding steroid dienone is 3. The SMILES string of the molecule is CCCC[C@H](C)C[C@@H](C=C[C@H]1C(=O)C[C@H](OC2CCCCO2)[C@@H]1CC=CCCCC(=O)O)OC1CCCCO1. The maximum atomic E-state index is 13.3. The molecule has 0 aromatic rings. The Balaban J connectivity index is 1.68. The molecule has 1 saturated carbocycles. The van der Waals surface area contributed by atoms with Crippen LogP contribution in [0.3, 0.4) is 0 Å². The predicted octanol–water partition coefficient (Wildman–Crippen LogP) is 6.99. The Morgan fingerprint density at radius 1 is 1.08 bits per heavy atom. The Kier molecular flexibility index (Phi) is 14.8. The van der Waals surface area contributed by atoms with Gasteiger partial charge in [0.05, 0.1) is 12.2 Å². The lowest BCUT2D eigenvalue weighted by Crippen LogP contribution is -2.31. The van der Waals surface area contributed by atoms with E-state index in [1.807, 2.05) is 6.08 Å². The molecule has 0 bridgehead atoms. The van der Waals surface area contributed by atoms with Crippen LogP contribution in [-0.4, -0.2) is 54.9 Å². The first kappa shape index (κ1) is 32.0. The van der Waals surface area contributed by atoms with Crippen molar-refractivity contribution in [2.24, 2.45) is 17.8 Å². The van der Waals surface area contributed by atoms with Gasteiger partial charge in [-0.3, -0.25) is 9.59 Å². The summed E-state index contributed by atoms with van der Waals surface area (Å²) in [6.07, 6.45) is 20.9. The van der Waals surface area contributed by atoms with Crippen molar-refractivity contribution in [2.45, 2.75) is 135 Å². The summed E-state index contributed by atoms with van der Waals surface area (Å²) < 4.78 is 24.5. The molecule has 3 aliphatic rings. The van der Waals surface area contributed by atoms with E-state index < -0.39 is 5.97 Å². The standard InChI is InChI=1S/C32H52O7/c1-3-4-13-24(2)22-25(38-31-16-9-11-20-36-31)18-19-26-27(14-7-5-6-8-15-30(34)35)29(23-28(26)33)39-32-17-10-12-21-37-32/h5,7,18-19,24-27,29,31-32H,3-4,6,8-17,20-23H2,1-2H3,(H,34,35)/t24-,25+,26+,27+,29-,31?,32?/m0/s1. The zero-order valence-electron chi connectivity index (χ0n) is 24.3. The second kappa shape index (κ2) is 18.0. The average Bonchev–Trinajstić information content (AvgIpc) is 3.22. The van der Waals surface area contributed by atoms with Crippen LogP contribution in [0, 0.1) is 17.8 Å². The van der Waals surface area contributed by atoms with Crippen LogP contribution in [0.1, 0.15) is 110 Å². The van der Waals surface area contributed by atoms with Crippen molar-refractivity contribution in [2.75, 3.05) is 13.2 Å². The van der Waals surface area contributed by atoms with Crippen LogP contribution >= 0.6 is 0 Å². The number of carboxylic acids is 1. The molecule has 0 spiro atoms. The fourth-order valence-corrected chi connectivity index (χ4v) is 5.91. The highest BCUT2D eigenvalue weighted by Crippen LogP contribution is 2.37. The predicted molar refractivity (Wildman–Crippen MR) is 151 cm³/mol. The van der Waals surface area contributed by atoms with Gasteiger partial charge in [-0.05, 0) is 70.1 Å². The zero-order valence-corrected chi connectivity index (χ0v) is 24.3. The molecular weight excluding hydrogens is 496 g/mol. The van der Waals surface area contributed by atoms with Crippen molar-refractivity contribution in [3.05, 3.63) is 24.3 Å². The average molecular weight is 549 g/mol. The van der Waals surface area contributed by atoms with Crippen LogP contribution in [0.2, 0.25) is 0 Å². The smallest absolute Gasteiger partial charge is 0.303 e. The highest BCUT2D eigenvalue weighted by molar-refractivity contribution is 5.86. The molecule has 0 amide bonds. The summed E-state index contributed by atoms with van der Waals surface area (Å²) in [6.45, 7) is 5.96. The molecule has 39 heavy (non-hydrogen) atoms. The minimum absolute atomic E-state index is 0.0269. The summed E-state index contributed by atoms with van der Waals surface area (Å²) >= 11 is 0. The second-order valence-corrected chi connectivity index (χ2v) is 11.7. The fraction of sp³-hybridized carbons (Fsp3) is 0.812. The van der Waals surface area contributed by atoms with Crippen LogP contribution in [0.15, 0.2) is 24.3 Å². The molecule has 0 aromatic carbocycles. The van der Waals surface area contributed by atoms with Crippen LogP contribution in [-0.2, 0) is 28.5 Å². The van der Waals surface area contributed by atoms with Gasteiger partial charge in [0.2, 0.25) is 0 Å². The van der Waals surface area contributed by atoms with E-state index in [4.69, 9.17) is 24.1 Å². The maximum absolute atomic E-state index is 13.3. The Morgan fingerprint density at radius 3 is 2.49 bits per heavy atom. The minimum Gasteiger partial charge on any atom is -0.481 e. The summed E-state index contributed by atoms with van der Waals surface area (Å²) in [6, 6.07) is 0. The molecule has 0 aromatic heterocycles. The summed E-state index contributed by atoms with van der Waals surface area (Å²) in [7, 11) is 0. The number of Topliss-reactive ketones (excluding diaryl/α,β-unsaturated/α-hetero) is 1. The van der Waals surface area contributed by atoms with Gasteiger partial charge in [-0.25, -0.2) is 0 Å². The van der Waals surface area contributed by atoms with Crippen LogP contribution in [0.4, 0.5) is 0 Å². The van der Waals surface area contributed by atoms with E-state index in [1.165, 1.54) is 19.3 Å². The van der Waals surface area contributed by atoms with Gasteiger partial charge in [0.15, 0.2) is 12.6 Å². The van der Waals surface area contributed by atoms with Gasteiger partial charge < -0.3 is 24.1 Å². The Morgan fingerprint density at radius 2 is 1.82 bits per heavy atom. The summed E-state index contributed by atoms with van der Waals surface area (Å²) in [5, 5.41) is 8.89. The lowest BCUT2D eigenvalue weighted by molar-refractivity contribution is -0.195. The monoisotopic (exact) mass is 548 g/mol. The molecule has 1 N–H and O–H groups in total. The minimum atomic E-state index is -0.768. The summed E-state index contributed by atoms with van der Waals surface area (Å²) in [5.41, 5.74) is 0. The number of carbonyl (C=O) groups is 2. The van der Waals surface area contributed by atoms with Crippen molar-refractivity contribution in [1.82, 2.24) is 0 Å². The molecule has 2 saturated heterocycles. The molecule has 7 atom stereocenters. The number of hydrogen-bond donors (Lipinski definition) is 1. The van der Waals surface area contributed by atoms with Crippen molar-refractivity contribution >= 4 is 11.8 Å². The Hall–Kier alpha value is -1.54. The van der Waals surface area contributed by atoms with Crippen LogP contribution < -0.4 is 0 Å². The summed E-state index contributed by atoms with van der Waals surface area (Å²) in [4.78, 5) is 24.1. The third kappa shape index (κ3) is 11.8. The first-order valence-corrected chi connectivity index (χ1v) is 15.6. The van der Waals surface area contributed by atoms with E-state index in [0.717, 1.165) is 64.4 Å². The van der Waals surface area contributed by atoms with E-state index in [0.29, 0.717) is 25.4 Å². The van der Waals surface area contributed by atoms with Gasteiger partial charge in [-0.1, -0.05) is 57.4 Å². The molecule has 2 aliphatic heterocycles. The van der Waals surface area contributed by atoms with Gasteiger partial charge in [0, 0.05) is 37.9 Å². The van der Waals surface area contributed by atoms with Gasteiger partial charge in [-0.15, -0.1) is 0 Å². The quantitative estimate of drug-likeness (QED) is 0.155. The molecule has 3 fully saturated rings. The van der Waals surface area contributed by atoms with Crippen molar-refractivity contribution in [3.63, 3.8) is 0 Å². The van der Waals surface area contributed by atoms with Gasteiger partial charge in [0.1, 0.15) is 5.78 Å². The first-order chi connectivity index (χ1) is 19.0. The Labute approximate surface area is 235 Å². The molecule has 7 heteroatoms. The highest BCUT2D eigenvalue weighted by Gasteiger charge is 2.42. The number of aliphatic carboxylic acids is 1. The second-order valence-electron chi connectivity index (χ2n) is 11.7. The lowest BCUT2D eigenvalue weighted by atomic mass is 9.89. The molecule has 1 aliphatic carbocycles. The number of rotatable bonds is 17. The largest absolute Gasteiger partial charge is 0.481 e.